The summed E-state index contributed by atoms with van der Waals surface area (Å²) in [6.07, 6.45) is 2.36. The normalized spacial score (nSPS) is 15.1. The Morgan fingerprint density at radius 3 is 2.53 bits per heavy atom. The molecule has 1 saturated heterocycles. The van der Waals surface area contributed by atoms with Crippen LogP contribution in [0.25, 0.3) is 0 Å². The van der Waals surface area contributed by atoms with E-state index in [-0.39, 0.29) is 11.3 Å². The zero-order valence-corrected chi connectivity index (χ0v) is 10.2. The molecule has 4 heteroatoms. The van der Waals surface area contributed by atoms with Crippen molar-refractivity contribution in [2.75, 3.05) is 25.1 Å². The number of benzene rings is 1. The molecule has 1 aromatic rings. The third-order valence-electron chi connectivity index (χ3n) is 3.16. The van der Waals surface area contributed by atoms with Gasteiger partial charge in [-0.2, -0.15) is 0 Å². The third kappa shape index (κ3) is 2.20. The van der Waals surface area contributed by atoms with Crippen molar-refractivity contribution in [2.45, 2.75) is 19.8 Å². The molecule has 1 heterocycles. The van der Waals surface area contributed by atoms with Crippen molar-refractivity contribution in [2.24, 2.45) is 0 Å². The molecular weight excluding hydrogens is 218 g/mol. The summed E-state index contributed by atoms with van der Waals surface area (Å²) >= 11 is 0. The minimum absolute atomic E-state index is 0.00116. The number of methoxy groups -OCH3 is 1. The van der Waals surface area contributed by atoms with Crippen molar-refractivity contribution < 1.29 is 14.6 Å². The van der Waals surface area contributed by atoms with Crippen LogP contribution in [0.5, 0.6) is 5.75 Å². The number of phenols is 1. The number of nitrogens with zero attached hydrogens (tertiary/aromatic N) is 1. The smallest absolute Gasteiger partial charge is 0.341 e. The second-order valence-corrected chi connectivity index (χ2v) is 4.34. The van der Waals surface area contributed by atoms with Crippen LogP contribution in [0.1, 0.15) is 28.8 Å². The fraction of sp³-hybridized carbons (Fsp3) is 0.462. The lowest BCUT2D eigenvalue weighted by Gasteiger charge is -2.19. The van der Waals surface area contributed by atoms with Crippen molar-refractivity contribution in [1.29, 1.82) is 0 Å². The Kier molecular flexibility index (Phi) is 3.22. The van der Waals surface area contributed by atoms with E-state index < -0.39 is 5.97 Å². The summed E-state index contributed by atoms with van der Waals surface area (Å²) in [6.45, 7) is 3.83. The van der Waals surface area contributed by atoms with Gasteiger partial charge in [-0.05, 0) is 31.4 Å². The van der Waals surface area contributed by atoms with E-state index in [4.69, 9.17) is 0 Å². The van der Waals surface area contributed by atoms with Crippen LogP contribution in [0.3, 0.4) is 0 Å². The van der Waals surface area contributed by atoms with Crippen LogP contribution in [-0.4, -0.2) is 31.3 Å². The fourth-order valence-corrected chi connectivity index (χ4v) is 2.28. The number of anilines is 1. The number of aryl methyl sites for hydroxylation is 1. The maximum atomic E-state index is 11.5. The van der Waals surface area contributed by atoms with Crippen LogP contribution in [0.15, 0.2) is 12.1 Å². The van der Waals surface area contributed by atoms with Gasteiger partial charge in [-0.1, -0.05) is 0 Å². The number of carbonyl (C=O) groups is 1. The topological polar surface area (TPSA) is 49.8 Å². The summed E-state index contributed by atoms with van der Waals surface area (Å²) in [5, 5.41) is 9.91. The highest BCUT2D eigenvalue weighted by Gasteiger charge is 2.19. The van der Waals surface area contributed by atoms with E-state index in [0.29, 0.717) is 0 Å². The van der Waals surface area contributed by atoms with Crippen LogP contribution < -0.4 is 4.90 Å². The molecule has 0 aromatic heterocycles. The number of hydrogen-bond donors (Lipinski definition) is 1. The van der Waals surface area contributed by atoms with Crippen LogP contribution in [0, 0.1) is 6.92 Å². The Balaban J connectivity index is 2.37. The Labute approximate surface area is 101 Å². The van der Waals surface area contributed by atoms with E-state index in [2.05, 4.69) is 9.64 Å². The minimum atomic E-state index is -0.493. The number of aromatic hydroxyl groups is 1. The Hall–Kier alpha value is -1.71. The molecule has 17 heavy (non-hydrogen) atoms. The van der Waals surface area contributed by atoms with Crippen LogP contribution in [-0.2, 0) is 4.74 Å². The van der Waals surface area contributed by atoms with Gasteiger partial charge in [-0.15, -0.1) is 0 Å². The molecule has 0 atom stereocenters. The average molecular weight is 235 g/mol. The maximum Gasteiger partial charge on any atom is 0.341 e. The largest absolute Gasteiger partial charge is 0.507 e. The first-order valence-corrected chi connectivity index (χ1v) is 5.80. The molecule has 0 saturated carbocycles. The van der Waals surface area contributed by atoms with Crippen molar-refractivity contribution in [3.8, 4) is 5.75 Å². The van der Waals surface area contributed by atoms with Crippen molar-refractivity contribution in [3.63, 3.8) is 0 Å². The lowest BCUT2D eigenvalue weighted by atomic mass is 10.1. The average Bonchev–Trinajstić information content (AvgIpc) is 2.81. The summed E-state index contributed by atoms with van der Waals surface area (Å²) in [6, 6.07) is 3.57. The molecule has 1 fully saturated rings. The summed E-state index contributed by atoms with van der Waals surface area (Å²) in [5.74, 6) is -0.494. The van der Waals surface area contributed by atoms with Gasteiger partial charge in [0.2, 0.25) is 0 Å². The lowest BCUT2D eigenvalue weighted by Crippen LogP contribution is -2.18. The summed E-state index contributed by atoms with van der Waals surface area (Å²) in [7, 11) is 1.32. The minimum Gasteiger partial charge on any atom is -0.507 e. The highest BCUT2D eigenvalue weighted by molar-refractivity contribution is 5.94. The molecule has 1 aliphatic heterocycles. The lowest BCUT2D eigenvalue weighted by molar-refractivity contribution is 0.0596. The van der Waals surface area contributed by atoms with Gasteiger partial charge < -0.3 is 14.7 Å². The van der Waals surface area contributed by atoms with Gasteiger partial charge in [0.15, 0.2) is 0 Å². The number of ether oxygens (including phenoxy) is 1. The van der Waals surface area contributed by atoms with Gasteiger partial charge in [0, 0.05) is 24.8 Å². The quantitative estimate of drug-likeness (QED) is 0.797. The molecular formula is C13H17NO3. The molecule has 92 valence electrons. The number of carbonyl (C=O) groups excluding carboxylic acids is 1. The monoisotopic (exact) mass is 235 g/mol. The second-order valence-electron chi connectivity index (χ2n) is 4.34. The van der Waals surface area contributed by atoms with Crippen molar-refractivity contribution >= 4 is 11.7 Å². The van der Waals surface area contributed by atoms with E-state index in [1.807, 2.05) is 13.0 Å². The van der Waals surface area contributed by atoms with Gasteiger partial charge in [-0.3, -0.25) is 0 Å². The molecule has 4 nitrogen and oxygen atoms in total. The predicted octanol–water partition coefficient (Wildman–Crippen LogP) is 2.09. The zero-order valence-electron chi connectivity index (χ0n) is 10.2. The van der Waals surface area contributed by atoms with Gasteiger partial charge in [0.25, 0.3) is 0 Å². The molecule has 0 aliphatic carbocycles. The Morgan fingerprint density at radius 2 is 2.00 bits per heavy atom. The first-order valence-electron chi connectivity index (χ1n) is 5.80. The standard InChI is InChI=1S/C13H17NO3/c1-9-7-10(14-5-3-4-6-14)8-11(15)12(9)13(16)17-2/h7-8,15H,3-6H2,1-2H3. The number of esters is 1. The van der Waals surface area contributed by atoms with Crippen molar-refractivity contribution in [1.82, 2.24) is 0 Å². The number of phenolic OH excluding ortho intramolecular Hbond substituents is 1. The van der Waals surface area contributed by atoms with Gasteiger partial charge in [0.1, 0.15) is 11.3 Å². The summed E-state index contributed by atoms with van der Waals surface area (Å²) in [5.41, 5.74) is 1.99. The van der Waals surface area contributed by atoms with Gasteiger partial charge >= 0.3 is 5.97 Å². The first-order chi connectivity index (χ1) is 8.13. The van der Waals surface area contributed by atoms with Gasteiger partial charge in [0.05, 0.1) is 7.11 Å². The molecule has 0 spiro atoms. The SMILES string of the molecule is COC(=O)c1c(C)cc(N2CCCC2)cc1O. The second kappa shape index (κ2) is 4.65. The molecule has 0 amide bonds. The molecule has 0 bridgehead atoms. The highest BCUT2D eigenvalue weighted by Crippen LogP contribution is 2.30. The zero-order chi connectivity index (χ0) is 12.4. The molecule has 2 rings (SSSR count). The van der Waals surface area contributed by atoms with E-state index in [0.717, 1.165) is 24.3 Å². The molecule has 1 N–H and O–H groups in total. The van der Waals surface area contributed by atoms with Gasteiger partial charge in [-0.25, -0.2) is 4.79 Å². The first kappa shape index (κ1) is 11.8. The predicted molar refractivity (Wildman–Crippen MR) is 65.6 cm³/mol. The molecule has 1 aliphatic rings. The maximum absolute atomic E-state index is 11.5. The third-order valence-corrected chi connectivity index (χ3v) is 3.16. The van der Waals surface area contributed by atoms with E-state index in [9.17, 15) is 9.90 Å². The summed E-state index contributed by atoms with van der Waals surface area (Å²) in [4.78, 5) is 13.7. The van der Waals surface area contributed by atoms with E-state index in [1.165, 1.54) is 20.0 Å². The van der Waals surface area contributed by atoms with E-state index >= 15 is 0 Å². The fourth-order valence-electron chi connectivity index (χ4n) is 2.28. The molecule has 1 aromatic carbocycles. The van der Waals surface area contributed by atoms with E-state index in [1.54, 1.807) is 6.07 Å². The summed E-state index contributed by atoms with van der Waals surface area (Å²) < 4.78 is 4.65. The Morgan fingerprint density at radius 1 is 1.35 bits per heavy atom. The molecule has 0 radical (unpaired) electrons. The van der Waals surface area contributed by atoms with Crippen LogP contribution >= 0.6 is 0 Å². The number of rotatable bonds is 2. The Bertz CT molecular complexity index is 413. The number of hydrogen-bond acceptors (Lipinski definition) is 4. The molecule has 0 unspecified atom stereocenters. The highest BCUT2D eigenvalue weighted by atomic mass is 16.5. The van der Waals surface area contributed by atoms with Crippen molar-refractivity contribution in [3.05, 3.63) is 23.3 Å². The van der Waals surface area contributed by atoms with Crippen LogP contribution in [0.2, 0.25) is 0 Å². The van der Waals surface area contributed by atoms with Crippen LogP contribution in [0.4, 0.5) is 5.69 Å².